The lowest BCUT2D eigenvalue weighted by Gasteiger charge is -2.18. The minimum atomic E-state index is -0.438. The Morgan fingerprint density at radius 2 is 1.97 bits per heavy atom. The maximum absolute atomic E-state index is 12.9. The molecule has 2 saturated heterocycles. The van der Waals surface area contributed by atoms with E-state index in [0.717, 1.165) is 30.6 Å². The molecule has 0 spiro atoms. The molecule has 11 heteroatoms. The van der Waals surface area contributed by atoms with Crippen molar-refractivity contribution in [3.8, 4) is 5.75 Å². The normalized spacial score (nSPS) is 19.5. The minimum absolute atomic E-state index is 0.0339. The molecule has 2 aliphatic rings. The number of thioether (sulfide) groups is 1. The number of amides is 1. The van der Waals surface area contributed by atoms with Crippen molar-refractivity contribution in [2.45, 2.75) is 25.6 Å². The van der Waals surface area contributed by atoms with Gasteiger partial charge in [0.25, 0.3) is 11.6 Å². The number of nitrogens with zero attached hydrogens (tertiary/aromatic N) is 2. The van der Waals surface area contributed by atoms with Crippen LogP contribution in [0, 0.1) is 10.1 Å². The Morgan fingerprint density at radius 1 is 1.27 bits per heavy atom. The van der Waals surface area contributed by atoms with Crippen molar-refractivity contribution in [3.63, 3.8) is 0 Å². The van der Waals surface area contributed by atoms with Gasteiger partial charge in [0.05, 0.1) is 31.4 Å². The molecule has 2 aliphatic heterocycles. The summed E-state index contributed by atoms with van der Waals surface area (Å²) in [5.74, 6) is 0.489. The van der Waals surface area contributed by atoms with E-state index in [9.17, 15) is 14.9 Å². The number of hydrogen-bond acceptors (Lipinski definition) is 7. The zero-order chi connectivity index (χ0) is 23.5. The fourth-order valence-electron chi connectivity index (χ4n) is 3.47. The first-order valence-corrected chi connectivity index (χ1v) is 12.8. The van der Waals surface area contributed by atoms with Crippen molar-refractivity contribution in [2.24, 2.45) is 0 Å². The molecule has 2 heterocycles. The number of nitro benzene ring substituents is 1. The predicted octanol–water partition coefficient (Wildman–Crippen LogP) is 6.08. The van der Waals surface area contributed by atoms with E-state index in [1.807, 2.05) is 18.2 Å². The maximum Gasteiger partial charge on any atom is 0.269 e. The number of non-ortho nitro benzene ring substituents is 1. The molecule has 4 rings (SSSR count). The molecule has 1 atom stereocenters. The van der Waals surface area contributed by atoms with Crippen LogP contribution in [0.5, 0.6) is 5.75 Å². The van der Waals surface area contributed by atoms with Gasteiger partial charge < -0.3 is 9.47 Å². The zero-order valence-corrected chi connectivity index (χ0v) is 22.0. The maximum atomic E-state index is 12.9. The van der Waals surface area contributed by atoms with Crippen molar-refractivity contribution in [2.75, 3.05) is 13.2 Å². The average Bonchev–Trinajstić information content (AvgIpc) is 3.38. The fourth-order valence-corrected chi connectivity index (χ4v) is 6.20. The lowest BCUT2D eigenvalue weighted by molar-refractivity contribution is -0.384. The summed E-state index contributed by atoms with van der Waals surface area (Å²) in [4.78, 5) is 25.4. The van der Waals surface area contributed by atoms with Crippen molar-refractivity contribution >= 4 is 77.8 Å². The van der Waals surface area contributed by atoms with Gasteiger partial charge in [0.2, 0.25) is 0 Å². The van der Waals surface area contributed by atoms with Crippen LogP contribution in [0.4, 0.5) is 5.69 Å². The Morgan fingerprint density at radius 3 is 2.58 bits per heavy atom. The molecule has 0 radical (unpaired) electrons. The second-order valence-electron chi connectivity index (χ2n) is 7.45. The largest absolute Gasteiger partial charge is 0.487 e. The van der Waals surface area contributed by atoms with Gasteiger partial charge in [0, 0.05) is 18.7 Å². The summed E-state index contributed by atoms with van der Waals surface area (Å²) in [7, 11) is 0. The third kappa shape index (κ3) is 5.83. The van der Waals surface area contributed by atoms with Crippen LogP contribution in [-0.4, -0.2) is 39.3 Å². The topological polar surface area (TPSA) is 81.9 Å². The number of rotatable bonds is 7. The number of nitro groups is 1. The molecular formula is C22H18Br2N2O5S2. The Labute approximate surface area is 216 Å². The summed E-state index contributed by atoms with van der Waals surface area (Å²) in [5, 5.41) is 10.8. The molecule has 2 aromatic carbocycles. The van der Waals surface area contributed by atoms with E-state index < -0.39 is 4.92 Å². The van der Waals surface area contributed by atoms with Crippen molar-refractivity contribution in [1.82, 2.24) is 4.90 Å². The lowest BCUT2D eigenvalue weighted by atomic mass is 10.2. The zero-order valence-electron chi connectivity index (χ0n) is 17.2. The third-order valence-electron chi connectivity index (χ3n) is 5.13. The Hall–Kier alpha value is -1.79. The van der Waals surface area contributed by atoms with Crippen LogP contribution in [0.25, 0.3) is 6.08 Å². The SMILES string of the molecule is O=C1/C(=C/c2cc(Br)c(OCc3ccc([N+](=O)[O-])cc3)c(Br)c2)SC(=S)N1C[C@H]1CCCO1. The molecule has 0 unspecified atom stereocenters. The molecule has 0 aliphatic carbocycles. The molecule has 2 fully saturated rings. The highest BCUT2D eigenvalue weighted by molar-refractivity contribution is 9.11. The highest BCUT2D eigenvalue weighted by Crippen LogP contribution is 2.38. The van der Waals surface area contributed by atoms with Crippen LogP contribution in [0.2, 0.25) is 0 Å². The van der Waals surface area contributed by atoms with E-state index in [4.69, 9.17) is 21.7 Å². The van der Waals surface area contributed by atoms with Gasteiger partial charge in [-0.1, -0.05) is 24.0 Å². The van der Waals surface area contributed by atoms with Crippen LogP contribution in [0.1, 0.15) is 24.0 Å². The first kappa shape index (κ1) is 24.3. The number of halogens is 2. The van der Waals surface area contributed by atoms with Crippen LogP contribution in [0.3, 0.4) is 0 Å². The van der Waals surface area contributed by atoms with Crippen molar-refractivity contribution in [1.29, 1.82) is 0 Å². The average molecular weight is 614 g/mol. The van der Waals surface area contributed by atoms with E-state index in [1.54, 1.807) is 17.0 Å². The number of hydrogen-bond donors (Lipinski definition) is 0. The quantitative estimate of drug-likeness (QED) is 0.162. The monoisotopic (exact) mass is 612 g/mol. The lowest BCUT2D eigenvalue weighted by Crippen LogP contribution is -2.35. The third-order valence-corrected chi connectivity index (χ3v) is 7.69. The number of benzene rings is 2. The summed E-state index contributed by atoms with van der Waals surface area (Å²) in [5.41, 5.74) is 1.65. The minimum Gasteiger partial charge on any atom is -0.487 e. The van der Waals surface area contributed by atoms with E-state index in [1.165, 1.54) is 23.9 Å². The van der Waals surface area contributed by atoms with E-state index in [2.05, 4.69) is 31.9 Å². The van der Waals surface area contributed by atoms with E-state index >= 15 is 0 Å². The van der Waals surface area contributed by atoms with E-state index in [0.29, 0.717) is 30.5 Å². The summed E-state index contributed by atoms with van der Waals surface area (Å²) >= 11 is 13.8. The molecule has 7 nitrogen and oxygen atoms in total. The smallest absolute Gasteiger partial charge is 0.269 e. The summed E-state index contributed by atoms with van der Waals surface area (Å²) in [6.45, 7) is 1.47. The number of carbonyl (C=O) groups is 1. The van der Waals surface area contributed by atoms with Gasteiger partial charge in [-0.25, -0.2) is 0 Å². The van der Waals surface area contributed by atoms with Crippen LogP contribution in [0.15, 0.2) is 50.2 Å². The van der Waals surface area contributed by atoms with Gasteiger partial charge in [-0.3, -0.25) is 19.8 Å². The Bertz CT molecular complexity index is 1110. The molecule has 0 aromatic heterocycles. The van der Waals surface area contributed by atoms with Gasteiger partial charge in [-0.2, -0.15) is 0 Å². The van der Waals surface area contributed by atoms with Crippen LogP contribution in [-0.2, 0) is 16.1 Å². The van der Waals surface area contributed by atoms with Crippen molar-refractivity contribution < 1.29 is 19.2 Å². The molecule has 1 amide bonds. The van der Waals surface area contributed by atoms with E-state index in [-0.39, 0.29) is 24.3 Å². The Kier molecular flexibility index (Phi) is 7.85. The first-order valence-electron chi connectivity index (χ1n) is 10.0. The fraction of sp³-hybridized carbons (Fsp3) is 0.273. The predicted molar refractivity (Wildman–Crippen MR) is 138 cm³/mol. The molecule has 0 bridgehead atoms. The second-order valence-corrected chi connectivity index (χ2v) is 10.8. The molecule has 0 saturated carbocycles. The van der Waals surface area contributed by atoms with Gasteiger partial charge in [-0.05, 0) is 86.2 Å². The highest BCUT2D eigenvalue weighted by Gasteiger charge is 2.34. The summed E-state index contributed by atoms with van der Waals surface area (Å²) in [6.07, 6.45) is 3.81. The Balaban J connectivity index is 1.45. The number of thiocarbonyl (C=S) groups is 1. The molecule has 2 aromatic rings. The van der Waals surface area contributed by atoms with Crippen LogP contribution >= 0.6 is 55.8 Å². The van der Waals surface area contributed by atoms with Crippen LogP contribution < -0.4 is 4.74 Å². The molecule has 172 valence electrons. The van der Waals surface area contributed by atoms with Gasteiger partial charge in [0.1, 0.15) is 16.7 Å². The van der Waals surface area contributed by atoms with Gasteiger partial charge in [0.15, 0.2) is 0 Å². The summed E-state index contributed by atoms with van der Waals surface area (Å²) < 4.78 is 13.5. The van der Waals surface area contributed by atoms with Gasteiger partial charge in [-0.15, -0.1) is 0 Å². The molecular weight excluding hydrogens is 596 g/mol. The number of ether oxygens (including phenoxy) is 2. The number of carbonyl (C=O) groups excluding carboxylic acids is 1. The molecule has 33 heavy (non-hydrogen) atoms. The van der Waals surface area contributed by atoms with Gasteiger partial charge >= 0.3 is 0 Å². The molecule has 0 N–H and O–H groups in total. The summed E-state index contributed by atoms with van der Waals surface area (Å²) in [6, 6.07) is 9.94. The van der Waals surface area contributed by atoms with Crippen molar-refractivity contribution in [3.05, 3.63) is 71.5 Å². The second kappa shape index (κ2) is 10.6. The first-order chi connectivity index (χ1) is 15.8. The standard InChI is InChI=1S/C22H18Br2N2O5S2/c23-17-8-14(10-19-21(27)25(22(32)33-19)11-16-2-1-7-30-16)9-18(24)20(17)31-12-13-3-5-15(6-4-13)26(28)29/h3-6,8-10,16H,1-2,7,11-12H2/b19-10-/t16-/m1/s1. The highest BCUT2D eigenvalue weighted by atomic mass is 79.9.